The number of aryl methyl sites for hydroxylation is 2. The number of hydrogen-bond acceptors (Lipinski definition) is 5. The van der Waals surface area contributed by atoms with Crippen LogP contribution in [0.3, 0.4) is 0 Å². The van der Waals surface area contributed by atoms with Crippen LogP contribution in [0.1, 0.15) is 11.4 Å². The molecule has 0 spiro atoms. The molecule has 0 aliphatic rings. The van der Waals surface area contributed by atoms with Gasteiger partial charge in [0.05, 0.1) is 7.05 Å². The zero-order chi connectivity index (χ0) is 13.0. The summed E-state index contributed by atoms with van der Waals surface area (Å²) >= 11 is 1.76. The Labute approximate surface area is 111 Å². The van der Waals surface area contributed by atoms with E-state index in [0.29, 0.717) is 12.2 Å². The summed E-state index contributed by atoms with van der Waals surface area (Å²) < 4.78 is 0. The molecule has 0 bridgehead atoms. The number of benzene rings is 1. The van der Waals surface area contributed by atoms with Gasteiger partial charge in [0.25, 0.3) is 0 Å². The SMILES string of the molecule is Cc1ccc(SCC(N)Cc2nnn(C)n2)cc1. The van der Waals surface area contributed by atoms with E-state index in [4.69, 9.17) is 5.73 Å². The van der Waals surface area contributed by atoms with Gasteiger partial charge in [-0.25, -0.2) is 0 Å². The summed E-state index contributed by atoms with van der Waals surface area (Å²) in [7, 11) is 1.75. The minimum Gasteiger partial charge on any atom is -0.327 e. The van der Waals surface area contributed by atoms with E-state index in [2.05, 4.69) is 46.6 Å². The molecule has 0 saturated carbocycles. The molecule has 5 nitrogen and oxygen atoms in total. The highest BCUT2D eigenvalue weighted by Crippen LogP contribution is 2.19. The van der Waals surface area contributed by atoms with Gasteiger partial charge in [-0.15, -0.1) is 22.0 Å². The van der Waals surface area contributed by atoms with E-state index in [0.717, 1.165) is 5.75 Å². The van der Waals surface area contributed by atoms with Crippen LogP contribution >= 0.6 is 11.8 Å². The van der Waals surface area contributed by atoms with E-state index in [1.165, 1.54) is 15.3 Å². The van der Waals surface area contributed by atoms with Crippen LogP contribution in [0.15, 0.2) is 29.2 Å². The fourth-order valence-corrected chi connectivity index (χ4v) is 2.39. The Balaban J connectivity index is 1.81. The summed E-state index contributed by atoms with van der Waals surface area (Å²) in [5.41, 5.74) is 7.33. The van der Waals surface area contributed by atoms with Crippen LogP contribution in [0.5, 0.6) is 0 Å². The normalized spacial score (nSPS) is 12.6. The van der Waals surface area contributed by atoms with Crippen LogP contribution < -0.4 is 5.73 Å². The van der Waals surface area contributed by atoms with E-state index in [9.17, 15) is 0 Å². The standard InChI is InChI=1S/C12H17N5S/c1-9-3-5-11(6-4-9)18-8-10(13)7-12-14-16-17(2)15-12/h3-6,10H,7-8,13H2,1-2H3. The van der Waals surface area contributed by atoms with Crippen molar-refractivity contribution in [3.8, 4) is 0 Å². The molecule has 1 aromatic carbocycles. The van der Waals surface area contributed by atoms with Crippen LogP contribution in [0, 0.1) is 6.92 Å². The number of aromatic nitrogens is 4. The third kappa shape index (κ3) is 3.82. The van der Waals surface area contributed by atoms with Gasteiger partial charge >= 0.3 is 0 Å². The molecule has 0 aliphatic carbocycles. The van der Waals surface area contributed by atoms with Gasteiger partial charge < -0.3 is 5.73 Å². The van der Waals surface area contributed by atoms with Crippen molar-refractivity contribution in [2.75, 3.05) is 5.75 Å². The largest absolute Gasteiger partial charge is 0.327 e. The lowest BCUT2D eigenvalue weighted by Crippen LogP contribution is -2.26. The molecular formula is C12H17N5S. The summed E-state index contributed by atoms with van der Waals surface area (Å²) in [6.45, 7) is 2.08. The molecule has 2 rings (SSSR count). The molecule has 0 fully saturated rings. The van der Waals surface area contributed by atoms with Crippen LogP contribution in [-0.4, -0.2) is 32.0 Å². The zero-order valence-electron chi connectivity index (χ0n) is 10.6. The smallest absolute Gasteiger partial charge is 0.176 e. The van der Waals surface area contributed by atoms with Gasteiger partial charge in [-0.1, -0.05) is 17.7 Å². The molecule has 1 heterocycles. The molecule has 96 valence electrons. The lowest BCUT2D eigenvalue weighted by molar-refractivity contribution is 0.624. The Bertz CT molecular complexity index is 493. The molecule has 6 heteroatoms. The van der Waals surface area contributed by atoms with Crippen molar-refractivity contribution in [1.82, 2.24) is 20.2 Å². The highest BCUT2D eigenvalue weighted by atomic mass is 32.2. The molecule has 1 unspecified atom stereocenters. The summed E-state index contributed by atoms with van der Waals surface area (Å²) in [6, 6.07) is 8.50. The first-order valence-electron chi connectivity index (χ1n) is 5.81. The van der Waals surface area contributed by atoms with E-state index in [1.807, 2.05) is 0 Å². The molecule has 0 amide bonds. The molecular weight excluding hydrogens is 246 g/mol. The van der Waals surface area contributed by atoms with Gasteiger partial charge in [-0.2, -0.15) is 4.80 Å². The van der Waals surface area contributed by atoms with Crippen molar-refractivity contribution in [2.24, 2.45) is 12.8 Å². The van der Waals surface area contributed by atoms with Crippen LogP contribution in [-0.2, 0) is 13.5 Å². The maximum absolute atomic E-state index is 6.05. The third-order valence-corrected chi connectivity index (χ3v) is 3.68. The zero-order valence-corrected chi connectivity index (χ0v) is 11.4. The average Bonchev–Trinajstić information content (AvgIpc) is 2.74. The molecule has 1 atom stereocenters. The molecule has 18 heavy (non-hydrogen) atoms. The van der Waals surface area contributed by atoms with E-state index >= 15 is 0 Å². The Kier molecular flexibility index (Phi) is 4.33. The van der Waals surface area contributed by atoms with Gasteiger partial charge in [-0.3, -0.25) is 0 Å². The number of nitrogens with zero attached hydrogens (tertiary/aromatic N) is 4. The first-order valence-corrected chi connectivity index (χ1v) is 6.80. The Morgan fingerprint density at radius 2 is 2.06 bits per heavy atom. The van der Waals surface area contributed by atoms with E-state index in [-0.39, 0.29) is 6.04 Å². The highest BCUT2D eigenvalue weighted by Gasteiger charge is 2.09. The number of rotatable bonds is 5. The number of tetrazole rings is 1. The maximum Gasteiger partial charge on any atom is 0.176 e. The van der Waals surface area contributed by atoms with E-state index in [1.54, 1.807) is 18.8 Å². The fraction of sp³-hybridized carbons (Fsp3) is 0.417. The minimum absolute atomic E-state index is 0.0421. The molecule has 2 N–H and O–H groups in total. The summed E-state index contributed by atoms with van der Waals surface area (Å²) in [5.74, 6) is 1.55. The van der Waals surface area contributed by atoms with Crippen molar-refractivity contribution in [3.63, 3.8) is 0 Å². The molecule has 2 aromatic rings. The quantitative estimate of drug-likeness (QED) is 0.820. The van der Waals surface area contributed by atoms with Gasteiger partial charge in [0.2, 0.25) is 0 Å². The van der Waals surface area contributed by atoms with Crippen LogP contribution in [0.4, 0.5) is 0 Å². The highest BCUT2D eigenvalue weighted by molar-refractivity contribution is 7.99. The van der Waals surface area contributed by atoms with Crippen molar-refractivity contribution < 1.29 is 0 Å². The van der Waals surface area contributed by atoms with Gasteiger partial charge in [0, 0.05) is 23.1 Å². The van der Waals surface area contributed by atoms with Crippen molar-refractivity contribution in [2.45, 2.75) is 24.3 Å². The van der Waals surface area contributed by atoms with Crippen LogP contribution in [0.2, 0.25) is 0 Å². The van der Waals surface area contributed by atoms with Gasteiger partial charge in [-0.05, 0) is 24.3 Å². The lowest BCUT2D eigenvalue weighted by Gasteiger charge is -2.08. The van der Waals surface area contributed by atoms with Crippen molar-refractivity contribution in [1.29, 1.82) is 0 Å². The lowest BCUT2D eigenvalue weighted by atomic mass is 10.2. The summed E-state index contributed by atoms with van der Waals surface area (Å²) in [4.78, 5) is 2.69. The Morgan fingerprint density at radius 3 is 2.67 bits per heavy atom. The third-order valence-electron chi connectivity index (χ3n) is 2.48. The number of thioether (sulfide) groups is 1. The fourth-order valence-electron chi connectivity index (χ4n) is 1.54. The second kappa shape index (κ2) is 5.97. The molecule has 0 saturated heterocycles. The van der Waals surface area contributed by atoms with Crippen molar-refractivity contribution in [3.05, 3.63) is 35.7 Å². The first-order chi connectivity index (χ1) is 8.63. The Morgan fingerprint density at radius 1 is 1.33 bits per heavy atom. The molecule has 1 aromatic heterocycles. The summed E-state index contributed by atoms with van der Waals surface area (Å²) in [5, 5.41) is 11.8. The topological polar surface area (TPSA) is 69.6 Å². The van der Waals surface area contributed by atoms with Crippen LogP contribution in [0.25, 0.3) is 0 Å². The monoisotopic (exact) mass is 263 g/mol. The second-order valence-electron chi connectivity index (χ2n) is 4.28. The van der Waals surface area contributed by atoms with Gasteiger partial charge in [0.1, 0.15) is 0 Å². The average molecular weight is 263 g/mol. The first kappa shape index (κ1) is 13.0. The van der Waals surface area contributed by atoms with Crippen molar-refractivity contribution >= 4 is 11.8 Å². The predicted octanol–water partition coefficient (Wildman–Crippen LogP) is 1.18. The second-order valence-corrected chi connectivity index (χ2v) is 5.38. The number of hydrogen-bond donors (Lipinski definition) is 1. The Hall–Kier alpha value is -1.40. The molecule has 0 aliphatic heterocycles. The summed E-state index contributed by atoms with van der Waals surface area (Å²) in [6.07, 6.45) is 0.659. The molecule has 0 radical (unpaired) electrons. The predicted molar refractivity (Wildman–Crippen MR) is 72.4 cm³/mol. The number of nitrogens with two attached hydrogens (primary N) is 1. The maximum atomic E-state index is 6.05. The van der Waals surface area contributed by atoms with E-state index < -0.39 is 0 Å². The minimum atomic E-state index is 0.0421. The van der Waals surface area contributed by atoms with Gasteiger partial charge in [0.15, 0.2) is 5.82 Å².